The second kappa shape index (κ2) is 7.70. The smallest absolute Gasteiger partial charge is 0.261 e. The summed E-state index contributed by atoms with van der Waals surface area (Å²) in [7, 11) is -3.67. The van der Waals surface area contributed by atoms with Crippen LogP contribution in [0.15, 0.2) is 35.2 Å². The lowest BCUT2D eigenvalue weighted by atomic mass is 10.4. The molecule has 0 radical (unpaired) electrons. The quantitative estimate of drug-likeness (QED) is 0.624. The van der Waals surface area contributed by atoms with Gasteiger partial charge in [0.25, 0.3) is 10.1 Å². The molecule has 0 aliphatic heterocycles. The van der Waals surface area contributed by atoms with Crippen molar-refractivity contribution in [3.05, 3.63) is 30.3 Å². The predicted octanol–water partition coefficient (Wildman–Crippen LogP) is 1.28. The molecule has 0 spiro atoms. The summed E-state index contributed by atoms with van der Waals surface area (Å²) in [5.74, 6) is 0.782. The van der Waals surface area contributed by atoms with Gasteiger partial charge in [0.15, 0.2) is 0 Å². The van der Waals surface area contributed by atoms with Gasteiger partial charge in [-0.15, -0.1) is 11.8 Å². The van der Waals surface area contributed by atoms with Crippen molar-refractivity contribution in [2.24, 2.45) is 0 Å². The minimum Gasteiger partial charge on any atom is -0.396 e. The van der Waals surface area contributed by atoms with Crippen LogP contribution in [-0.4, -0.2) is 36.7 Å². The van der Waals surface area contributed by atoms with E-state index in [4.69, 9.17) is 9.66 Å². The van der Waals surface area contributed by atoms with Gasteiger partial charge in [-0.2, -0.15) is 8.42 Å². The van der Waals surface area contributed by atoms with E-state index >= 15 is 0 Å². The van der Waals surface area contributed by atoms with Gasteiger partial charge in [-0.3, -0.25) is 4.55 Å². The summed E-state index contributed by atoms with van der Waals surface area (Å²) in [5, 5.41) is 8.51. The third kappa shape index (κ3) is 13.4. The fourth-order valence-corrected chi connectivity index (χ4v) is 1.36. The molecule has 0 bridgehead atoms. The highest BCUT2D eigenvalue weighted by Crippen LogP contribution is 2.15. The molecule has 2 N–H and O–H groups in total. The summed E-state index contributed by atoms with van der Waals surface area (Å²) in [6.45, 7) is 0.250. The standard InChI is InChI=1S/C8H10OS.CH4O3S/c9-6-7-10-8-4-2-1-3-5-8;1-5(2,3)4/h1-5,9H,6-7H2;1H3,(H,2,3,4). The first-order valence-corrected chi connectivity index (χ1v) is 6.98. The molecule has 6 heteroatoms. The van der Waals surface area contributed by atoms with Crippen molar-refractivity contribution in [1.82, 2.24) is 0 Å². The van der Waals surface area contributed by atoms with E-state index in [2.05, 4.69) is 0 Å². The zero-order chi connectivity index (χ0) is 11.7. The van der Waals surface area contributed by atoms with Gasteiger partial charge in [-0.25, -0.2) is 0 Å². The molecule has 0 aromatic heterocycles. The van der Waals surface area contributed by atoms with Crippen molar-refractivity contribution >= 4 is 21.9 Å². The van der Waals surface area contributed by atoms with Gasteiger partial charge in [0.05, 0.1) is 12.9 Å². The number of hydrogen-bond donors (Lipinski definition) is 2. The van der Waals surface area contributed by atoms with E-state index in [0.717, 1.165) is 5.75 Å². The van der Waals surface area contributed by atoms with E-state index in [9.17, 15) is 8.42 Å². The van der Waals surface area contributed by atoms with Gasteiger partial charge >= 0.3 is 0 Å². The molecule has 0 heterocycles. The van der Waals surface area contributed by atoms with Crippen LogP contribution in [0, 0.1) is 0 Å². The van der Waals surface area contributed by atoms with E-state index in [1.54, 1.807) is 11.8 Å². The average molecular weight is 250 g/mol. The molecular formula is C9H14O4S2. The van der Waals surface area contributed by atoms with Crippen LogP contribution in [0.4, 0.5) is 0 Å². The van der Waals surface area contributed by atoms with Crippen LogP contribution < -0.4 is 0 Å². The van der Waals surface area contributed by atoms with Crippen LogP contribution in [0.25, 0.3) is 0 Å². The number of aliphatic hydroxyl groups excluding tert-OH is 1. The fraction of sp³-hybridized carbons (Fsp3) is 0.333. The lowest BCUT2D eigenvalue weighted by Crippen LogP contribution is -1.88. The van der Waals surface area contributed by atoms with Crippen molar-refractivity contribution in [3.8, 4) is 0 Å². The lowest BCUT2D eigenvalue weighted by molar-refractivity contribution is 0.322. The SMILES string of the molecule is CS(=O)(=O)O.OCCSc1ccccc1. The Morgan fingerprint density at radius 3 is 2.13 bits per heavy atom. The van der Waals surface area contributed by atoms with Gasteiger partial charge in [0.2, 0.25) is 0 Å². The second-order valence-corrected chi connectivity index (χ2v) is 5.25. The molecule has 1 aromatic rings. The first-order valence-electron chi connectivity index (χ1n) is 4.14. The minimum absolute atomic E-state index is 0.250. The summed E-state index contributed by atoms with van der Waals surface area (Å²) >= 11 is 1.67. The van der Waals surface area contributed by atoms with Gasteiger partial charge in [0.1, 0.15) is 0 Å². The van der Waals surface area contributed by atoms with Crippen LogP contribution in [0.1, 0.15) is 0 Å². The molecule has 0 saturated carbocycles. The van der Waals surface area contributed by atoms with Crippen molar-refractivity contribution < 1.29 is 18.1 Å². The lowest BCUT2D eigenvalue weighted by Gasteiger charge is -1.95. The van der Waals surface area contributed by atoms with Crippen molar-refractivity contribution in [2.75, 3.05) is 18.6 Å². The van der Waals surface area contributed by atoms with Crippen molar-refractivity contribution in [1.29, 1.82) is 0 Å². The molecule has 15 heavy (non-hydrogen) atoms. The van der Waals surface area contributed by atoms with Gasteiger partial charge in [-0.05, 0) is 12.1 Å². The molecule has 86 valence electrons. The molecule has 1 aromatic carbocycles. The van der Waals surface area contributed by atoms with E-state index < -0.39 is 10.1 Å². The Bertz CT molecular complexity index is 340. The van der Waals surface area contributed by atoms with Crippen LogP contribution in [0.3, 0.4) is 0 Å². The Hall–Kier alpha value is -0.560. The molecule has 4 nitrogen and oxygen atoms in total. The molecule has 1 rings (SSSR count). The maximum Gasteiger partial charge on any atom is 0.261 e. The first kappa shape index (κ1) is 14.4. The molecule has 0 aliphatic carbocycles. The van der Waals surface area contributed by atoms with Gasteiger partial charge in [0, 0.05) is 10.6 Å². The normalized spacial score (nSPS) is 10.3. The largest absolute Gasteiger partial charge is 0.396 e. The highest BCUT2D eigenvalue weighted by atomic mass is 32.2. The summed E-state index contributed by atoms with van der Waals surface area (Å²) in [4.78, 5) is 1.22. The number of aliphatic hydroxyl groups is 1. The summed E-state index contributed by atoms with van der Waals surface area (Å²) < 4.78 is 25.9. The summed E-state index contributed by atoms with van der Waals surface area (Å²) in [5.41, 5.74) is 0. The third-order valence-electron chi connectivity index (χ3n) is 1.10. The van der Waals surface area contributed by atoms with E-state index in [1.807, 2.05) is 30.3 Å². The third-order valence-corrected chi connectivity index (χ3v) is 2.10. The van der Waals surface area contributed by atoms with E-state index in [-0.39, 0.29) is 6.61 Å². The Kier molecular flexibility index (Phi) is 7.41. The van der Waals surface area contributed by atoms with Crippen molar-refractivity contribution in [3.63, 3.8) is 0 Å². The molecule has 0 aliphatic rings. The molecule has 0 unspecified atom stereocenters. The number of hydrogen-bond acceptors (Lipinski definition) is 4. The summed E-state index contributed by atoms with van der Waals surface area (Å²) in [6.07, 6.45) is 0.715. The van der Waals surface area contributed by atoms with Crippen LogP contribution in [-0.2, 0) is 10.1 Å². The van der Waals surface area contributed by atoms with Gasteiger partial charge in [-0.1, -0.05) is 18.2 Å². The zero-order valence-electron chi connectivity index (χ0n) is 8.33. The number of benzene rings is 1. The second-order valence-electron chi connectivity index (χ2n) is 2.62. The monoisotopic (exact) mass is 250 g/mol. The Morgan fingerprint density at radius 2 is 1.73 bits per heavy atom. The minimum atomic E-state index is -3.67. The Balaban J connectivity index is 0.000000336. The van der Waals surface area contributed by atoms with E-state index in [0.29, 0.717) is 6.26 Å². The Labute approximate surface area is 94.1 Å². The first-order chi connectivity index (χ1) is 6.93. The molecule has 0 atom stereocenters. The zero-order valence-corrected chi connectivity index (χ0v) is 9.96. The molecule has 0 saturated heterocycles. The molecule has 0 amide bonds. The predicted molar refractivity (Wildman–Crippen MR) is 61.7 cm³/mol. The maximum absolute atomic E-state index is 9.19. The fourth-order valence-electron chi connectivity index (χ4n) is 0.680. The number of rotatable bonds is 3. The van der Waals surface area contributed by atoms with Crippen LogP contribution >= 0.6 is 11.8 Å². The maximum atomic E-state index is 9.19. The number of thioether (sulfide) groups is 1. The highest BCUT2D eigenvalue weighted by Gasteiger charge is 1.88. The van der Waals surface area contributed by atoms with Gasteiger partial charge < -0.3 is 5.11 Å². The molecular weight excluding hydrogens is 236 g/mol. The van der Waals surface area contributed by atoms with Crippen LogP contribution in [0.2, 0.25) is 0 Å². The van der Waals surface area contributed by atoms with E-state index in [1.165, 1.54) is 4.90 Å². The average Bonchev–Trinajstić information content (AvgIpc) is 2.14. The highest BCUT2D eigenvalue weighted by molar-refractivity contribution is 7.99. The van der Waals surface area contributed by atoms with Crippen molar-refractivity contribution in [2.45, 2.75) is 4.90 Å². The summed E-state index contributed by atoms with van der Waals surface area (Å²) in [6, 6.07) is 10.1. The Morgan fingerprint density at radius 1 is 1.27 bits per heavy atom. The molecule has 0 fully saturated rings. The topological polar surface area (TPSA) is 74.6 Å². The van der Waals surface area contributed by atoms with Crippen LogP contribution in [0.5, 0.6) is 0 Å².